The Labute approximate surface area is 323 Å². The highest BCUT2D eigenvalue weighted by atomic mass is 35.5. The predicted octanol–water partition coefficient (Wildman–Crippen LogP) is 9.11. The fraction of sp³-hybridized carbons (Fsp3) is 0.154. The van der Waals surface area contributed by atoms with Crippen molar-refractivity contribution in [2.75, 3.05) is 6.61 Å². The summed E-state index contributed by atoms with van der Waals surface area (Å²) in [5.41, 5.74) is 2.00. The van der Waals surface area contributed by atoms with E-state index in [1.807, 2.05) is 78.2 Å². The Morgan fingerprint density at radius 2 is 1.48 bits per heavy atom. The Hall–Kier alpha value is -4.45. The number of fused-ring (bicyclic) bond motifs is 1. The van der Waals surface area contributed by atoms with Crippen molar-refractivity contribution in [2.45, 2.75) is 30.0 Å². The number of nitrogens with zero attached hydrogens (tertiary/aromatic N) is 1. The molecule has 52 heavy (non-hydrogen) atoms. The van der Waals surface area contributed by atoms with Gasteiger partial charge in [-0.25, -0.2) is 4.79 Å². The minimum Gasteiger partial charge on any atom is -0.485 e. The van der Waals surface area contributed by atoms with Crippen LogP contribution in [0.15, 0.2) is 126 Å². The van der Waals surface area contributed by atoms with Crippen LogP contribution >= 0.6 is 57.9 Å². The minimum atomic E-state index is -1.15. The fourth-order valence-corrected chi connectivity index (χ4v) is 8.42. The Balaban J connectivity index is 1.16. The van der Waals surface area contributed by atoms with Gasteiger partial charge in [-0.2, -0.15) is 0 Å². The second kappa shape index (κ2) is 16.1. The predicted molar refractivity (Wildman–Crippen MR) is 204 cm³/mol. The van der Waals surface area contributed by atoms with E-state index >= 15 is 0 Å². The molecular weight excluding hydrogens is 763 g/mol. The fourth-order valence-electron chi connectivity index (χ4n) is 5.89. The first-order valence-electron chi connectivity index (χ1n) is 16.1. The molecule has 1 aromatic heterocycles. The number of hydrogen-bond acceptors (Lipinski definition) is 8. The number of ether oxygens (including phenoxy) is 3. The summed E-state index contributed by atoms with van der Waals surface area (Å²) in [5.74, 6) is -0.382. The first kappa shape index (κ1) is 35.9. The van der Waals surface area contributed by atoms with E-state index in [0.29, 0.717) is 32.1 Å². The summed E-state index contributed by atoms with van der Waals surface area (Å²) in [7, 11) is 0. The molecule has 1 fully saturated rings. The van der Waals surface area contributed by atoms with E-state index in [1.165, 1.54) is 28.0 Å². The number of benzene rings is 4. The highest BCUT2D eigenvalue weighted by molar-refractivity contribution is 8.03. The number of esters is 1. The van der Waals surface area contributed by atoms with Gasteiger partial charge in [0.1, 0.15) is 23.8 Å². The van der Waals surface area contributed by atoms with Crippen LogP contribution in [0.25, 0.3) is 0 Å². The van der Waals surface area contributed by atoms with Gasteiger partial charge >= 0.3 is 5.97 Å². The lowest BCUT2D eigenvalue weighted by atomic mass is 9.97. The molecule has 1 saturated heterocycles. The van der Waals surface area contributed by atoms with E-state index < -0.39 is 35.4 Å². The lowest BCUT2D eigenvalue weighted by molar-refractivity contribution is -0.165. The number of thiophene rings is 1. The van der Waals surface area contributed by atoms with E-state index in [1.54, 1.807) is 41.8 Å². The molecule has 264 valence electrons. The van der Waals surface area contributed by atoms with Crippen molar-refractivity contribution in [1.29, 1.82) is 0 Å². The van der Waals surface area contributed by atoms with Crippen molar-refractivity contribution in [3.05, 3.63) is 157 Å². The number of amides is 2. The zero-order valence-electron chi connectivity index (χ0n) is 27.1. The van der Waals surface area contributed by atoms with E-state index in [0.717, 1.165) is 16.0 Å². The molecule has 5 aromatic rings. The number of hydrogen-bond donors (Lipinski definition) is 1. The van der Waals surface area contributed by atoms with Crippen molar-refractivity contribution in [3.63, 3.8) is 0 Å². The Morgan fingerprint density at radius 3 is 2.13 bits per heavy atom. The maximum Gasteiger partial charge on any atom is 0.334 e. The topological polar surface area (TPSA) is 94.2 Å². The lowest BCUT2D eigenvalue weighted by Gasteiger charge is -2.51. The van der Waals surface area contributed by atoms with Crippen LogP contribution in [0.1, 0.15) is 22.1 Å². The molecule has 13 heteroatoms. The zero-order chi connectivity index (χ0) is 36.2. The van der Waals surface area contributed by atoms with Crippen molar-refractivity contribution < 1.29 is 28.6 Å². The minimum absolute atomic E-state index is 0.120. The smallest absolute Gasteiger partial charge is 0.334 e. The third kappa shape index (κ3) is 7.96. The second-order valence-electron chi connectivity index (χ2n) is 11.9. The number of halogens is 3. The van der Waals surface area contributed by atoms with Crippen LogP contribution < -0.4 is 14.8 Å². The SMILES string of the molecule is O=C(Cc1cccs1)NC1C(=O)N2C(C(=O)OC(c3ccccc3)c3ccccc3)C(COc3cc(Cl)ccc3Oc3ccc(Cl)cc3Cl)=CS[C@H]12. The first-order chi connectivity index (χ1) is 25.2. The molecule has 3 atom stereocenters. The number of rotatable bonds is 12. The molecule has 2 aliphatic rings. The highest BCUT2D eigenvalue weighted by Gasteiger charge is 2.56. The Kier molecular flexibility index (Phi) is 11.1. The van der Waals surface area contributed by atoms with Crippen molar-refractivity contribution in [2.24, 2.45) is 0 Å². The van der Waals surface area contributed by atoms with Gasteiger partial charge in [-0.05, 0) is 58.3 Å². The average molecular weight is 792 g/mol. The van der Waals surface area contributed by atoms with E-state index in [4.69, 9.17) is 49.0 Å². The van der Waals surface area contributed by atoms with Crippen molar-refractivity contribution >= 4 is 75.7 Å². The molecule has 1 N–H and O–H groups in total. The number of carbonyl (C=O) groups excluding carboxylic acids is 3. The molecule has 2 aliphatic heterocycles. The van der Waals surface area contributed by atoms with Gasteiger partial charge in [-0.1, -0.05) is 102 Å². The van der Waals surface area contributed by atoms with E-state index in [-0.39, 0.29) is 24.7 Å². The summed E-state index contributed by atoms with van der Waals surface area (Å²) in [5, 5.41) is 7.15. The van der Waals surface area contributed by atoms with Gasteiger partial charge in [0, 0.05) is 26.6 Å². The molecule has 0 aliphatic carbocycles. The molecule has 2 amide bonds. The Bertz CT molecular complexity index is 2080. The molecule has 7 rings (SSSR count). The summed E-state index contributed by atoms with van der Waals surface area (Å²) < 4.78 is 18.6. The molecular formula is C39H29Cl3N2O6S2. The molecule has 0 saturated carbocycles. The maximum atomic E-state index is 14.4. The average Bonchev–Trinajstić information content (AvgIpc) is 3.67. The molecule has 0 spiro atoms. The number of β-lactam (4-membered cyclic amide) rings is 1. The lowest BCUT2D eigenvalue weighted by Crippen LogP contribution is -2.74. The monoisotopic (exact) mass is 790 g/mol. The van der Waals surface area contributed by atoms with Crippen LogP contribution in [0, 0.1) is 0 Å². The van der Waals surface area contributed by atoms with Gasteiger partial charge in [0.2, 0.25) is 11.8 Å². The number of nitrogens with one attached hydrogen (secondary N) is 1. The normalized spacial score (nSPS) is 17.8. The third-order valence-corrected chi connectivity index (χ3v) is 11.2. The van der Waals surface area contributed by atoms with E-state index in [2.05, 4.69) is 5.32 Å². The first-order valence-corrected chi connectivity index (χ1v) is 19.0. The van der Waals surface area contributed by atoms with Gasteiger partial charge in [0.05, 0.1) is 11.4 Å². The van der Waals surface area contributed by atoms with Crippen molar-refractivity contribution in [1.82, 2.24) is 10.2 Å². The second-order valence-corrected chi connectivity index (χ2v) is 15.2. The summed E-state index contributed by atoms with van der Waals surface area (Å²) in [6, 6.07) is 30.3. The van der Waals surface area contributed by atoms with Crippen LogP contribution in [-0.2, 0) is 25.5 Å². The van der Waals surface area contributed by atoms with Gasteiger partial charge in [0.15, 0.2) is 23.6 Å². The van der Waals surface area contributed by atoms with Crippen molar-refractivity contribution in [3.8, 4) is 17.2 Å². The van der Waals surface area contributed by atoms with E-state index in [9.17, 15) is 14.4 Å². The Morgan fingerprint density at radius 1 is 0.808 bits per heavy atom. The molecule has 0 bridgehead atoms. The highest BCUT2D eigenvalue weighted by Crippen LogP contribution is 2.43. The van der Waals surface area contributed by atoms with Gasteiger partial charge in [-0.3, -0.25) is 9.59 Å². The summed E-state index contributed by atoms with van der Waals surface area (Å²) >= 11 is 21.6. The molecule has 2 unspecified atom stereocenters. The summed E-state index contributed by atoms with van der Waals surface area (Å²) in [6.45, 7) is -0.120. The van der Waals surface area contributed by atoms with Crippen LogP contribution in [0.5, 0.6) is 17.2 Å². The van der Waals surface area contributed by atoms with Gasteiger partial charge < -0.3 is 24.4 Å². The van der Waals surface area contributed by atoms with Crippen LogP contribution in [0.4, 0.5) is 0 Å². The number of thioether (sulfide) groups is 1. The molecule has 4 aromatic carbocycles. The standard InChI is InChI=1S/C39H29Cl3N2O6S2/c40-26-13-15-30(29(42)18-26)49-31-16-14-27(41)19-32(31)48-21-25-22-52-38-34(43-33(45)20-28-12-7-17-51-28)37(46)44(38)35(25)39(47)50-36(23-8-3-1-4-9-23)24-10-5-2-6-11-24/h1-19,22,34-36,38H,20-21H2,(H,43,45)/t34?,35?,38-/m1/s1. The molecule has 3 heterocycles. The van der Waals surface area contributed by atoms with Gasteiger partial charge in [-0.15, -0.1) is 23.1 Å². The largest absolute Gasteiger partial charge is 0.485 e. The maximum absolute atomic E-state index is 14.4. The third-order valence-electron chi connectivity index (χ3n) is 8.38. The number of carbonyl (C=O) groups is 3. The summed E-state index contributed by atoms with van der Waals surface area (Å²) in [4.78, 5) is 43.5. The van der Waals surface area contributed by atoms with Crippen LogP contribution in [0.3, 0.4) is 0 Å². The quantitative estimate of drug-likeness (QED) is 0.0996. The zero-order valence-corrected chi connectivity index (χ0v) is 31.0. The van der Waals surface area contributed by atoms with Crippen LogP contribution in [0.2, 0.25) is 15.1 Å². The van der Waals surface area contributed by atoms with Crippen LogP contribution in [-0.4, -0.2) is 46.7 Å². The van der Waals surface area contributed by atoms with Gasteiger partial charge in [0.25, 0.3) is 0 Å². The molecule has 0 radical (unpaired) electrons. The summed E-state index contributed by atoms with van der Waals surface area (Å²) in [6.07, 6.45) is -0.597. The molecule has 8 nitrogen and oxygen atoms in total.